The maximum absolute atomic E-state index is 5.25. The van der Waals surface area contributed by atoms with Crippen molar-refractivity contribution < 1.29 is 4.74 Å². The van der Waals surface area contributed by atoms with Gasteiger partial charge in [-0.3, -0.25) is 0 Å². The fourth-order valence-electron chi connectivity index (χ4n) is 0.779. The highest BCUT2D eigenvalue weighted by atomic mass is 16.5. The number of terminal acetylenes is 2. The van der Waals surface area contributed by atoms with E-state index in [1.165, 1.54) is 0 Å². The maximum atomic E-state index is 5.25. The van der Waals surface area contributed by atoms with Crippen molar-refractivity contribution >= 4 is 0 Å². The van der Waals surface area contributed by atoms with Crippen molar-refractivity contribution in [2.75, 3.05) is 13.2 Å². The Morgan fingerprint density at radius 1 is 1.50 bits per heavy atom. The summed E-state index contributed by atoms with van der Waals surface area (Å²) in [5.41, 5.74) is 0. The molecule has 0 radical (unpaired) electrons. The lowest BCUT2D eigenvalue weighted by molar-refractivity contribution is 0.152. The molecule has 0 heterocycles. The van der Waals surface area contributed by atoms with Crippen molar-refractivity contribution in [3.63, 3.8) is 0 Å². The van der Waals surface area contributed by atoms with Crippen LogP contribution in [-0.4, -0.2) is 13.2 Å². The molecular weight excluding hydrogens is 148 g/mol. The van der Waals surface area contributed by atoms with Gasteiger partial charge in [0.05, 0.1) is 6.61 Å². The first-order valence-electron chi connectivity index (χ1n) is 3.93. The lowest BCUT2D eigenvalue weighted by Crippen LogP contribution is -2.02. The van der Waals surface area contributed by atoms with Gasteiger partial charge >= 0.3 is 0 Å². The largest absolute Gasteiger partial charge is 0.377 e. The third-order valence-electron chi connectivity index (χ3n) is 1.45. The van der Waals surface area contributed by atoms with E-state index in [0.717, 1.165) is 6.42 Å². The van der Waals surface area contributed by atoms with Gasteiger partial charge in [-0.2, -0.15) is 0 Å². The third-order valence-corrected chi connectivity index (χ3v) is 1.45. The Labute approximate surface area is 74.8 Å². The Bertz CT molecular complexity index is 192. The summed E-state index contributed by atoms with van der Waals surface area (Å²) >= 11 is 0. The Morgan fingerprint density at radius 2 is 2.25 bits per heavy atom. The molecule has 0 N–H and O–H groups in total. The number of rotatable bonds is 6. The lowest BCUT2D eigenvalue weighted by Gasteiger charge is -2.05. The van der Waals surface area contributed by atoms with Crippen molar-refractivity contribution in [3.05, 3.63) is 12.7 Å². The molecule has 0 saturated heterocycles. The summed E-state index contributed by atoms with van der Waals surface area (Å²) < 4.78 is 5.18. The van der Waals surface area contributed by atoms with Crippen LogP contribution >= 0.6 is 0 Å². The number of ether oxygens (including phenoxy) is 1. The lowest BCUT2D eigenvalue weighted by atomic mass is 10.0. The van der Waals surface area contributed by atoms with Gasteiger partial charge in [0, 0.05) is 18.9 Å². The quantitative estimate of drug-likeness (QED) is 0.329. The van der Waals surface area contributed by atoms with Crippen LogP contribution in [0.5, 0.6) is 0 Å². The Balaban J connectivity index is 3.41. The predicted octanol–water partition coefficient (Wildman–Crippen LogP) is 1.85. The Kier molecular flexibility index (Phi) is 7.14. The van der Waals surface area contributed by atoms with Gasteiger partial charge in [-0.25, -0.2) is 0 Å². The van der Waals surface area contributed by atoms with Crippen molar-refractivity contribution in [1.82, 2.24) is 0 Å². The standard InChI is InChI=1S/C11H14O/c1-4-7-11(6-3)8-10-12-9-5-2/h1,3,5,11H,2,7-10H2. The van der Waals surface area contributed by atoms with E-state index in [-0.39, 0.29) is 5.92 Å². The van der Waals surface area contributed by atoms with Crippen LogP contribution in [0.1, 0.15) is 12.8 Å². The van der Waals surface area contributed by atoms with E-state index in [9.17, 15) is 0 Å². The van der Waals surface area contributed by atoms with Crippen LogP contribution in [0.3, 0.4) is 0 Å². The van der Waals surface area contributed by atoms with Gasteiger partial charge in [0.25, 0.3) is 0 Å². The predicted molar refractivity (Wildman–Crippen MR) is 51.4 cm³/mol. The summed E-state index contributed by atoms with van der Waals surface area (Å²) in [4.78, 5) is 0. The van der Waals surface area contributed by atoms with Crippen LogP contribution in [0.2, 0.25) is 0 Å². The summed E-state index contributed by atoms with van der Waals surface area (Å²) in [7, 11) is 0. The fourth-order valence-corrected chi connectivity index (χ4v) is 0.779. The van der Waals surface area contributed by atoms with E-state index in [1.54, 1.807) is 6.08 Å². The second-order valence-corrected chi connectivity index (χ2v) is 2.42. The molecule has 0 aromatic carbocycles. The zero-order chi connectivity index (χ0) is 9.23. The van der Waals surface area contributed by atoms with Crippen molar-refractivity contribution in [1.29, 1.82) is 0 Å². The molecular formula is C11H14O. The molecule has 0 aromatic rings. The molecule has 0 saturated carbocycles. The smallest absolute Gasteiger partial charge is 0.0644 e. The SMILES string of the molecule is C#CCC(C#C)CCOCC=C. The third kappa shape index (κ3) is 5.59. The minimum atomic E-state index is 0.153. The molecule has 0 aliphatic carbocycles. The number of hydrogen-bond acceptors (Lipinski definition) is 1. The van der Waals surface area contributed by atoms with Gasteiger partial charge in [0.1, 0.15) is 0 Å². The van der Waals surface area contributed by atoms with E-state index in [0.29, 0.717) is 19.6 Å². The van der Waals surface area contributed by atoms with E-state index >= 15 is 0 Å². The highest BCUT2D eigenvalue weighted by Crippen LogP contribution is 2.05. The van der Waals surface area contributed by atoms with Gasteiger partial charge in [-0.05, 0) is 6.42 Å². The summed E-state index contributed by atoms with van der Waals surface area (Å²) in [6.07, 6.45) is 13.6. The zero-order valence-corrected chi connectivity index (χ0v) is 7.25. The van der Waals surface area contributed by atoms with E-state index in [4.69, 9.17) is 17.6 Å². The van der Waals surface area contributed by atoms with Crippen LogP contribution < -0.4 is 0 Å². The summed E-state index contributed by atoms with van der Waals surface area (Å²) in [5.74, 6) is 5.33. The van der Waals surface area contributed by atoms with Crippen LogP contribution in [0, 0.1) is 30.6 Å². The molecule has 0 fully saturated rings. The minimum absolute atomic E-state index is 0.153. The van der Waals surface area contributed by atoms with Gasteiger partial charge in [0.15, 0.2) is 0 Å². The highest BCUT2D eigenvalue weighted by Gasteiger charge is 2.01. The van der Waals surface area contributed by atoms with Gasteiger partial charge in [0.2, 0.25) is 0 Å². The fraction of sp³-hybridized carbons (Fsp3) is 0.455. The molecule has 0 aliphatic heterocycles. The zero-order valence-electron chi connectivity index (χ0n) is 7.25. The van der Waals surface area contributed by atoms with Crippen molar-refractivity contribution in [2.24, 2.45) is 5.92 Å². The molecule has 12 heavy (non-hydrogen) atoms. The minimum Gasteiger partial charge on any atom is -0.377 e. The van der Waals surface area contributed by atoms with Crippen LogP contribution in [0.15, 0.2) is 12.7 Å². The van der Waals surface area contributed by atoms with Crippen LogP contribution in [0.4, 0.5) is 0 Å². The average Bonchev–Trinajstić information content (AvgIpc) is 2.10. The molecule has 0 amide bonds. The second kappa shape index (κ2) is 7.92. The first-order chi connectivity index (χ1) is 5.85. The van der Waals surface area contributed by atoms with Gasteiger partial charge in [-0.1, -0.05) is 6.08 Å². The normalized spacial score (nSPS) is 11.2. The molecule has 0 aliphatic rings. The molecule has 1 atom stereocenters. The van der Waals surface area contributed by atoms with Crippen LogP contribution in [-0.2, 0) is 4.74 Å². The number of hydrogen-bond donors (Lipinski definition) is 0. The molecule has 0 spiro atoms. The van der Waals surface area contributed by atoms with E-state index in [2.05, 4.69) is 18.4 Å². The molecule has 64 valence electrons. The first kappa shape index (κ1) is 10.8. The topological polar surface area (TPSA) is 9.23 Å². The maximum Gasteiger partial charge on any atom is 0.0644 e. The Hall–Kier alpha value is -1.18. The molecule has 1 unspecified atom stereocenters. The molecule has 1 heteroatoms. The second-order valence-electron chi connectivity index (χ2n) is 2.42. The van der Waals surface area contributed by atoms with Gasteiger partial charge in [-0.15, -0.1) is 31.3 Å². The van der Waals surface area contributed by atoms with E-state index in [1.807, 2.05) is 0 Å². The average molecular weight is 162 g/mol. The first-order valence-corrected chi connectivity index (χ1v) is 3.93. The molecule has 0 bridgehead atoms. The molecule has 0 aromatic heterocycles. The summed E-state index contributed by atoms with van der Waals surface area (Å²) in [6.45, 7) is 4.77. The van der Waals surface area contributed by atoms with Crippen molar-refractivity contribution in [2.45, 2.75) is 12.8 Å². The van der Waals surface area contributed by atoms with Gasteiger partial charge < -0.3 is 4.74 Å². The summed E-state index contributed by atoms with van der Waals surface area (Å²) in [5, 5.41) is 0. The molecule has 1 nitrogen and oxygen atoms in total. The Morgan fingerprint density at radius 3 is 2.75 bits per heavy atom. The molecule has 0 rings (SSSR count). The van der Waals surface area contributed by atoms with E-state index < -0.39 is 0 Å². The van der Waals surface area contributed by atoms with Crippen LogP contribution in [0.25, 0.3) is 0 Å². The van der Waals surface area contributed by atoms with Crippen molar-refractivity contribution in [3.8, 4) is 24.7 Å². The highest BCUT2D eigenvalue weighted by molar-refractivity contribution is 5.00. The summed E-state index contributed by atoms with van der Waals surface area (Å²) in [6, 6.07) is 0. The monoisotopic (exact) mass is 162 g/mol.